The van der Waals surface area contributed by atoms with E-state index in [1.165, 1.54) is 6.20 Å². The van der Waals surface area contributed by atoms with Crippen LogP contribution in [0.4, 0.5) is 0 Å². The van der Waals surface area contributed by atoms with Crippen molar-refractivity contribution in [3.05, 3.63) is 51.8 Å². The third kappa shape index (κ3) is 3.60. The van der Waals surface area contributed by atoms with Gasteiger partial charge >= 0.3 is 0 Å². The van der Waals surface area contributed by atoms with E-state index in [0.29, 0.717) is 28.9 Å². The van der Waals surface area contributed by atoms with Crippen molar-refractivity contribution >= 4 is 29.0 Å². The molecular weight excluding hydrogens is 299 g/mol. The number of carbonyl (C=O) groups excluding carboxylic acids is 1. The summed E-state index contributed by atoms with van der Waals surface area (Å²) in [6.07, 6.45) is 1.74. The molecule has 0 atom stereocenters. The van der Waals surface area contributed by atoms with Crippen molar-refractivity contribution in [3.8, 4) is 0 Å². The number of ether oxygens (including phenoxy) is 1. The Bertz CT molecular complexity index is 594. The highest BCUT2D eigenvalue weighted by atomic mass is 35.5. The lowest BCUT2D eigenvalue weighted by atomic mass is 10.1. The van der Waals surface area contributed by atoms with Crippen LogP contribution in [0.15, 0.2) is 30.5 Å². The molecule has 0 aliphatic carbocycles. The van der Waals surface area contributed by atoms with Crippen molar-refractivity contribution in [2.24, 2.45) is 0 Å². The Balaban J connectivity index is 2.16. The Hall–Kier alpha value is -1.36. The fourth-order valence-corrected chi connectivity index (χ4v) is 2.23. The van der Waals surface area contributed by atoms with Gasteiger partial charge in [0.15, 0.2) is 5.78 Å². The summed E-state index contributed by atoms with van der Waals surface area (Å²) in [6, 6.07) is 7.16. The van der Waals surface area contributed by atoms with Gasteiger partial charge in [-0.2, -0.15) is 5.10 Å². The van der Waals surface area contributed by atoms with E-state index in [1.807, 2.05) is 12.1 Å². The minimum absolute atomic E-state index is 0.0778. The van der Waals surface area contributed by atoms with Gasteiger partial charge in [-0.1, -0.05) is 35.3 Å². The van der Waals surface area contributed by atoms with Crippen LogP contribution in [0, 0.1) is 0 Å². The van der Waals surface area contributed by atoms with Gasteiger partial charge < -0.3 is 4.74 Å². The fraction of sp³-hybridized carbons (Fsp3) is 0.286. The van der Waals surface area contributed by atoms with Gasteiger partial charge in [-0.3, -0.25) is 9.48 Å². The topological polar surface area (TPSA) is 44.1 Å². The van der Waals surface area contributed by atoms with E-state index in [9.17, 15) is 4.79 Å². The molecule has 106 valence electrons. The molecule has 1 aromatic heterocycles. The Morgan fingerprint density at radius 2 is 2.00 bits per heavy atom. The van der Waals surface area contributed by atoms with Crippen molar-refractivity contribution < 1.29 is 9.53 Å². The monoisotopic (exact) mass is 312 g/mol. The van der Waals surface area contributed by atoms with Crippen molar-refractivity contribution in [2.45, 2.75) is 13.0 Å². The van der Waals surface area contributed by atoms with E-state index in [0.717, 1.165) is 5.56 Å². The normalized spacial score (nSPS) is 10.8. The molecule has 0 aliphatic rings. The molecule has 0 amide bonds. The maximum Gasteiger partial charge on any atom is 0.186 e. The zero-order chi connectivity index (χ0) is 14.5. The standard InChI is InChI=1S/C14H14Cl2N2O2/c1-20-7-6-18-14(12(16)9-17-18)13(19)8-10-2-4-11(15)5-3-10/h2-5,9H,6-8H2,1H3. The molecule has 0 N–H and O–H groups in total. The molecule has 0 bridgehead atoms. The number of hydrogen-bond acceptors (Lipinski definition) is 3. The first kappa shape index (κ1) is 15.0. The predicted molar refractivity (Wildman–Crippen MR) is 78.6 cm³/mol. The van der Waals surface area contributed by atoms with Gasteiger partial charge in [0.2, 0.25) is 0 Å². The summed E-state index contributed by atoms with van der Waals surface area (Å²) >= 11 is 11.9. The summed E-state index contributed by atoms with van der Waals surface area (Å²) in [5.41, 5.74) is 1.30. The molecule has 0 unspecified atom stereocenters. The van der Waals surface area contributed by atoms with E-state index >= 15 is 0 Å². The Kier molecular flexibility index (Phi) is 5.17. The molecule has 4 nitrogen and oxygen atoms in total. The maximum absolute atomic E-state index is 12.3. The van der Waals surface area contributed by atoms with Gasteiger partial charge in [-0.25, -0.2) is 0 Å². The van der Waals surface area contributed by atoms with Crippen molar-refractivity contribution in [2.75, 3.05) is 13.7 Å². The van der Waals surface area contributed by atoms with Crippen LogP contribution in [0.2, 0.25) is 10.0 Å². The number of methoxy groups -OCH3 is 1. The summed E-state index contributed by atoms with van der Waals surface area (Å²) in [4.78, 5) is 12.3. The molecule has 0 fully saturated rings. The van der Waals surface area contributed by atoms with Crippen molar-refractivity contribution in [1.82, 2.24) is 9.78 Å². The largest absolute Gasteiger partial charge is 0.383 e. The summed E-state index contributed by atoms with van der Waals surface area (Å²) in [5, 5.41) is 5.10. The molecule has 20 heavy (non-hydrogen) atoms. The number of hydrogen-bond donors (Lipinski definition) is 0. The van der Waals surface area contributed by atoms with Gasteiger partial charge in [0.05, 0.1) is 24.4 Å². The lowest BCUT2D eigenvalue weighted by Crippen LogP contribution is -2.15. The van der Waals surface area contributed by atoms with E-state index in [1.54, 1.807) is 23.9 Å². The fourth-order valence-electron chi connectivity index (χ4n) is 1.86. The Morgan fingerprint density at radius 3 is 2.65 bits per heavy atom. The number of carbonyl (C=O) groups is 1. The molecule has 0 aliphatic heterocycles. The first-order valence-electron chi connectivity index (χ1n) is 6.09. The van der Waals surface area contributed by atoms with Crippen molar-refractivity contribution in [3.63, 3.8) is 0 Å². The van der Waals surface area contributed by atoms with Crippen LogP contribution in [0.25, 0.3) is 0 Å². The Labute approximate surface area is 127 Å². The van der Waals surface area contributed by atoms with Crippen LogP contribution in [0.5, 0.6) is 0 Å². The highest BCUT2D eigenvalue weighted by Crippen LogP contribution is 2.18. The number of aromatic nitrogens is 2. The minimum Gasteiger partial charge on any atom is -0.383 e. The van der Waals surface area contributed by atoms with Crippen molar-refractivity contribution in [1.29, 1.82) is 0 Å². The van der Waals surface area contributed by atoms with Gasteiger partial charge in [0.1, 0.15) is 5.69 Å². The third-order valence-corrected chi connectivity index (χ3v) is 3.37. The number of nitrogens with zero attached hydrogens (tertiary/aromatic N) is 2. The Morgan fingerprint density at radius 1 is 1.30 bits per heavy atom. The molecule has 0 saturated carbocycles. The molecule has 1 heterocycles. The van der Waals surface area contributed by atoms with E-state index in [4.69, 9.17) is 27.9 Å². The smallest absolute Gasteiger partial charge is 0.186 e. The number of Topliss-reactive ketones (excluding diaryl/α,β-unsaturated/α-hetero) is 1. The van der Waals surface area contributed by atoms with Gasteiger partial charge in [0, 0.05) is 18.6 Å². The van der Waals surface area contributed by atoms with Crippen LogP contribution in [-0.2, 0) is 17.7 Å². The number of ketones is 1. The SMILES string of the molecule is COCCn1ncc(Cl)c1C(=O)Cc1ccc(Cl)cc1. The summed E-state index contributed by atoms with van der Waals surface area (Å²) in [5.74, 6) is -0.0778. The highest BCUT2D eigenvalue weighted by Gasteiger charge is 2.17. The molecule has 0 saturated heterocycles. The lowest BCUT2D eigenvalue weighted by Gasteiger charge is -2.07. The minimum atomic E-state index is -0.0778. The van der Waals surface area contributed by atoms with E-state index in [2.05, 4.69) is 5.10 Å². The molecule has 0 radical (unpaired) electrons. The van der Waals surface area contributed by atoms with Crippen LogP contribution in [0.3, 0.4) is 0 Å². The van der Waals surface area contributed by atoms with Gasteiger partial charge in [0.25, 0.3) is 0 Å². The summed E-state index contributed by atoms with van der Waals surface area (Å²) in [7, 11) is 1.60. The zero-order valence-electron chi connectivity index (χ0n) is 11.0. The second-order valence-corrected chi connectivity index (χ2v) is 5.13. The molecule has 2 aromatic rings. The number of benzene rings is 1. The van der Waals surface area contributed by atoms with Crippen LogP contribution < -0.4 is 0 Å². The highest BCUT2D eigenvalue weighted by molar-refractivity contribution is 6.33. The molecule has 0 spiro atoms. The van der Waals surface area contributed by atoms with Crippen LogP contribution in [0.1, 0.15) is 16.1 Å². The van der Waals surface area contributed by atoms with Crippen LogP contribution in [-0.4, -0.2) is 29.3 Å². The first-order valence-corrected chi connectivity index (χ1v) is 6.85. The number of rotatable bonds is 6. The van der Waals surface area contributed by atoms with E-state index in [-0.39, 0.29) is 12.2 Å². The van der Waals surface area contributed by atoms with Gasteiger partial charge in [-0.15, -0.1) is 0 Å². The predicted octanol–water partition coefficient (Wildman–Crippen LogP) is 3.26. The molecular formula is C14H14Cl2N2O2. The molecule has 6 heteroatoms. The second-order valence-electron chi connectivity index (χ2n) is 4.28. The van der Waals surface area contributed by atoms with Crippen LogP contribution >= 0.6 is 23.2 Å². The molecule has 1 aromatic carbocycles. The van der Waals surface area contributed by atoms with Gasteiger partial charge in [-0.05, 0) is 17.7 Å². The van der Waals surface area contributed by atoms with E-state index < -0.39 is 0 Å². The summed E-state index contributed by atoms with van der Waals surface area (Å²) in [6.45, 7) is 0.962. The second kappa shape index (κ2) is 6.88. The number of halogens is 2. The zero-order valence-corrected chi connectivity index (χ0v) is 12.5. The first-order chi connectivity index (χ1) is 9.61. The maximum atomic E-state index is 12.3. The quantitative estimate of drug-likeness (QED) is 0.769. The average molecular weight is 313 g/mol. The third-order valence-electron chi connectivity index (χ3n) is 2.84. The summed E-state index contributed by atoms with van der Waals surface area (Å²) < 4.78 is 6.56. The lowest BCUT2D eigenvalue weighted by molar-refractivity contribution is 0.0979. The molecule has 2 rings (SSSR count). The average Bonchev–Trinajstić information content (AvgIpc) is 2.80.